The number of amides is 2. The summed E-state index contributed by atoms with van der Waals surface area (Å²) in [6.07, 6.45) is 2.59. The Balaban J connectivity index is 1.65. The number of hydrogen-bond donors (Lipinski definition) is 2. The monoisotopic (exact) mass is 399 g/mol. The molecule has 0 saturated heterocycles. The number of nitrogens with one attached hydrogen (secondary N) is 2. The minimum absolute atomic E-state index is 0.0483. The Bertz CT molecular complexity index is 999. The molecule has 3 rings (SSSR count). The van der Waals surface area contributed by atoms with Crippen molar-refractivity contribution in [1.29, 1.82) is 0 Å². The Labute approximate surface area is 168 Å². The number of carbonyl (C=O) groups excluding carboxylic acids is 2. The number of nitrogens with zero attached hydrogens (tertiary/aromatic N) is 1. The highest BCUT2D eigenvalue weighted by molar-refractivity contribution is 6.31. The predicted octanol–water partition coefficient (Wildman–Crippen LogP) is 3.86. The van der Waals surface area contributed by atoms with Crippen LogP contribution in [0.25, 0.3) is 10.9 Å². The maximum atomic E-state index is 12.5. The van der Waals surface area contributed by atoms with Gasteiger partial charge in [0.05, 0.1) is 19.3 Å². The van der Waals surface area contributed by atoms with E-state index in [2.05, 4.69) is 10.3 Å². The number of hydrogen-bond acceptors (Lipinski definition) is 3. The molecule has 2 aromatic carbocycles. The molecule has 0 aliphatic rings. The lowest BCUT2D eigenvalue weighted by Crippen LogP contribution is -2.38. The SMILES string of the molecule is COc1ccc(Cl)cc1NC(=O)CN(CCc1c[nH]c2ccccc12)C(C)=O. The van der Waals surface area contributed by atoms with Crippen LogP contribution in [0.15, 0.2) is 48.7 Å². The number of para-hydroxylation sites is 1. The van der Waals surface area contributed by atoms with Crippen molar-refractivity contribution in [2.45, 2.75) is 13.3 Å². The van der Waals surface area contributed by atoms with Crippen molar-refractivity contribution in [3.05, 3.63) is 59.2 Å². The van der Waals surface area contributed by atoms with E-state index >= 15 is 0 Å². The molecule has 6 nitrogen and oxygen atoms in total. The van der Waals surface area contributed by atoms with E-state index in [0.29, 0.717) is 29.4 Å². The third-order valence-electron chi connectivity index (χ3n) is 4.54. The fourth-order valence-electron chi connectivity index (χ4n) is 3.08. The zero-order valence-corrected chi connectivity index (χ0v) is 16.5. The number of ether oxygens (including phenoxy) is 1. The van der Waals surface area contributed by atoms with E-state index in [1.807, 2.05) is 30.5 Å². The van der Waals surface area contributed by atoms with Gasteiger partial charge in [0, 0.05) is 35.6 Å². The zero-order valence-electron chi connectivity index (χ0n) is 15.8. The molecule has 7 heteroatoms. The first-order valence-corrected chi connectivity index (χ1v) is 9.29. The normalized spacial score (nSPS) is 10.7. The van der Waals surface area contributed by atoms with E-state index in [1.54, 1.807) is 18.2 Å². The van der Waals surface area contributed by atoms with Gasteiger partial charge >= 0.3 is 0 Å². The number of methoxy groups -OCH3 is 1. The summed E-state index contributed by atoms with van der Waals surface area (Å²) in [5, 5.41) is 4.37. The number of rotatable bonds is 7. The molecule has 146 valence electrons. The molecule has 1 heterocycles. The van der Waals surface area contributed by atoms with Crippen molar-refractivity contribution in [2.75, 3.05) is 25.5 Å². The highest BCUT2D eigenvalue weighted by atomic mass is 35.5. The molecule has 0 atom stereocenters. The van der Waals surface area contributed by atoms with Gasteiger partial charge in [0.2, 0.25) is 11.8 Å². The van der Waals surface area contributed by atoms with Gasteiger partial charge in [-0.1, -0.05) is 29.8 Å². The maximum absolute atomic E-state index is 12.5. The molecule has 0 spiro atoms. The summed E-state index contributed by atoms with van der Waals surface area (Å²) in [5.74, 6) is 0.0358. The summed E-state index contributed by atoms with van der Waals surface area (Å²) >= 11 is 5.99. The highest BCUT2D eigenvalue weighted by Gasteiger charge is 2.16. The van der Waals surface area contributed by atoms with E-state index in [9.17, 15) is 9.59 Å². The maximum Gasteiger partial charge on any atom is 0.244 e. The molecule has 0 unspecified atom stereocenters. The third kappa shape index (κ3) is 4.64. The second-order valence-corrected chi connectivity index (χ2v) is 6.88. The van der Waals surface area contributed by atoms with Crippen LogP contribution >= 0.6 is 11.6 Å². The summed E-state index contributed by atoms with van der Waals surface area (Å²) in [7, 11) is 1.52. The first-order valence-electron chi connectivity index (χ1n) is 8.92. The minimum atomic E-state index is -0.310. The van der Waals surface area contributed by atoms with Gasteiger partial charge in [0.1, 0.15) is 5.75 Å². The van der Waals surface area contributed by atoms with Gasteiger partial charge in [-0.2, -0.15) is 0 Å². The third-order valence-corrected chi connectivity index (χ3v) is 4.78. The highest BCUT2D eigenvalue weighted by Crippen LogP contribution is 2.27. The number of benzene rings is 2. The molecule has 0 saturated carbocycles. The molecule has 28 heavy (non-hydrogen) atoms. The van der Waals surface area contributed by atoms with Crippen molar-refractivity contribution in [3.63, 3.8) is 0 Å². The summed E-state index contributed by atoms with van der Waals surface area (Å²) in [4.78, 5) is 29.2. The zero-order chi connectivity index (χ0) is 20.1. The average Bonchev–Trinajstić information content (AvgIpc) is 3.08. The molecular weight excluding hydrogens is 378 g/mol. The topological polar surface area (TPSA) is 74.4 Å². The van der Waals surface area contributed by atoms with Crippen molar-refractivity contribution in [2.24, 2.45) is 0 Å². The molecule has 0 fully saturated rings. The Kier molecular flexibility index (Phi) is 6.21. The lowest BCUT2D eigenvalue weighted by molar-refractivity contribution is -0.132. The lowest BCUT2D eigenvalue weighted by Gasteiger charge is -2.21. The van der Waals surface area contributed by atoms with E-state index in [4.69, 9.17) is 16.3 Å². The Morgan fingerprint density at radius 2 is 2.00 bits per heavy atom. The molecule has 3 aromatic rings. The molecule has 0 bridgehead atoms. The molecule has 0 radical (unpaired) electrons. The minimum Gasteiger partial charge on any atom is -0.495 e. The Morgan fingerprint density at radius 3 is 2.75 bits per heavy atom. The second-order valence-electron chi connectivity index (χ2n) is 6.44. The van der Waals surface area contributed by atoms with Crippen LogP contribution in [-0.2, 0) is 16.0 Å². The average molecular weight is 400 g/mol. The standard InChI is InChI=1S/C21H22ClN3O3/c1-14(26)25(10-9-15-12-23-18-6-4-3-5-17(15)18)13-21(27)24-19-11-16(22)7-8-20(19)28-2/h3-8,11-12,23H,9-10,13H2,1-2H3,(H,24,27). The van der Waals surface area contributed by atoms with Crippen LogP contribution in [-0.4, -0.2) is 41.9 Å². The second kappa shape index (κ2) is 8.80. The van der Waals surface area contributed by atoms with Crippen molar-refractivity contribution >= 4 is 40.0 Å². The van der Waals surface area contributed by atoms with Crippen LogP contribution < -0.4 is 10.1 Å². The van der Waals surface area contributed by atoms with Crippen molar-refractivity contribution in [1.82, 2.24) is 9.88 Å². The Hall–Kier alpha value is -2.99. The lowest BCUT2D eigenvalue weighted by atomic mass is 10.1. The van der Waals surface area contributed by atoms with Gasteiger partial charge in [-0.15, -0.1) is 0 Å². The molecule has 0 aliphatic heterocycles. The van der Waals surface area contributed by atoms with Crippen LogP contribution in [0.3, 0.4) is 0 Å². The number of halogens is 1. The predicted molar refractivity (Wildman–Crippen MR) is 111 cm³/mol. The number of fused-ring (bicyclic) bond motifs is 1. The summed E-state index contributed by atoms with van der Waals surface area (Å²) in [5.41, 5.74) is 2.64. The van der Waals surface area contributed by atoms with Crippen molar-refractivity contribution in [3.8, 4) is 5.75 Å². The molecule has 2 amide bonds. The van der Waals surface area contributed by atoms with E-state index in [1.165, 1.54) is 18.9 Å². The van der Waals surface area contributed by atoms with Crippen molar-refractivity contribution < 1.29 is 14.3 Å². The van der Waals surface area contributed by atoms with E-state index in [-0.39, 0.29) is 18.4 Å². The van der Waals surface area contributed by atoms with Gasteiger partial charge in [0.15, 0.2) is 0 Å². The number of anilines is 1. The van der Waals surface area contributed by atoms with E-state index in [0.717, 1.165) is 16.5 Å². The Morgan fingerprint density at radius 1 is 1.21 bits per heavy atom. The first kappa shape index (κ1) is 19.8. The van der Waals surface area contributed by atoms with E-state index < -0.39 is 0 Å². The molecule has 1 aromatic heterocycles. The fraction of sp³-hybridized carbons (Fsp3) is 0.238. The molecular formula is C21H22ClN3O3. The summed E-state index contributed by atoms with van der Waals surface area (Å²) in [6, 6.07) is 13.0. The van der Waals surface area contributed by atoms with Gasteiger partial charge < -0.3 is 19.9 Å². The quantitative estimate of drug-likeness (QED) is 0.633. The number of aromatic amines is 1. The van der Waals surface area contributed by atoms with Crippen LogP contribution in [0.2, 0.25) is 5.02 Å². The number of H-pyrrole nitrogens is 1. The smallest absolute Gasteiger partial charge is 0.244 e. The molecule has 2 N–H and O–H groups in total. The largest absolute Gasteiger partial charge is 0.495 e. The van der Waals surface area contributed by atoms with Gasteiger partial charge in [-0.3, -0.25) is 9.59 Å². The molecule has 0 aliphatic carbocycles. The van der Waals surface area contributed by atoms with Crippen LogP contribution in [0.4, 0.5) is 5.69 Å². The number of carbonyl (C=O) groups is 2. The van der Waals surface area contributed by atoms with Crippen LogP contribution in [0, 0.1) is 0 Å². The summed E-state index contributed by atoms with van der Waals surface area (Å²) in [6.45, 7) is 1.85. The fourth-order valence-corrected chi connectivity index (χ4v) is 3.25. The number of aromatic nitrogens is 1. The summed E-state index contributed by atoms with van der Waals surface area (Å²) < 4.78 is 5.23. The first-order chi connectivity index (χ1) is 13.5. The van der Waals surface area contributed by atoms with Crippen LogP contribution in [0.5, 0.6) is 5.75 Å². The van der Waals surface area contributed by atoms with Crippen LogP contribution in [0.1, 0.15) is 12.5 Å². The van der Waals surface area contributed by atoms with Gasteiger partial charge in [-0.25, -0.2) is 0 Å². The van der Waals surface area contributed by atoms with Gasteiger partial charge in [-0.05, 0) is 36.2 Å². The van der Waals surface area contributed by atoms with Gasteiger partial charge in [0.25, 0.3) is 0 Å².